The standard InChI is InChI=1S/C14H9BrClI/c15-13-7-3-1-5-10(13)12(9-16)11-6-2-4-8-14(11)17/h1-9H/b12-9-. The first kappa shape index (κ1) is 13.1. The van der Waals surface area contributed by atoms with Crippen molar-refractivity contribution in [1.29, 1.82) is 0 Å². The first-order valence-corrected chi connectivity index (χ1v) is 7.35. The van der Waals surface area contributed by atoms with Gasteiger partial charge in [-0.1, -0.05) is 63.9 Å². The highest BCUT2D eigenvalue weighted by molar-refractivity contribution is 14.1. The molecule has 0 heterocycles. The fourth-order valence-electron chi connectivity index (χ4n) is 1.62. The zero-order chi connectivity index (χ0) is 12.3. The van der Waals surface area contributed by atoms with Gasteiger partial charge in [0.05, 0.1) is 0 Å². The molecular formula is C14H9BrClI. The molecule has 0 atom stereocenters. The molecule has 0 nitrogen and oxygen atoms in total. The van der Waals surface area contributed by atoms with Crippen LogP contribution in [0.4, 0.5) is 0 Å². The minimum Gasteiger partial charge on any atom is -0.0923 e. The Labute approximate surface area is 128 Å². The van der Waals surface area contributed by atoms with Gasteiger partial charge in [0.1, 0.15) is 0 Å². The maximum atomic E-state index is 5.99. The Morgan fingerprint density at radius 1 is 1.00 bits per heavy atom. The minimum absolute atomic E-state index is 1.03. The van der Waals surface area contributed by atoms with Gasteiger partial charge in [0.25, 0.3) is 0 Å². The van der Waals surface area contributed by atoms with Crippen molar-refractivity contribution >= 4 is 55.7 Å². The Morgan fingerprint density at radius 2 is 1.59 bits per heavy atom. The van der Waals surface area contributed by atoms with Crippen LogP contribution in [0.1, 0.15) is 11.1 Å². The van der Waals surface area contributed by atoms with E-state index in [1.54, 1.807) is 5.54 Å². The fourth-order valence-corrected chi connectivity index (χ4v) is 3.03. The summed E-state index contributed by atoms with van der Waals surface area (Å²) in [4.78, 5) is 0. The summed E-state index contributed by atoms with van der Waals surface area (Å²) in [6, 6.07) is 16.3. The lowest BCUT2D eigenvalue weighted by Crippen LogP contribution is -1.91. The Hall–Kier alpha value is -0.320. The summed E-state index contributed by atoms with van der Waals surface area (Å²) in [5, 5.41) is 0. The van der Waals surface area contributed by atoms with Gasteiger partial charge in [0, 0.05) is 19.2 Å². The molecule has 3 heteroatoms. The Morgan fingerprint density at radius 3 is 2.18 bits per heavy atom. The molecule has 0 N–H and O–H groups in total. The third kappa shape index (κ3) is 2.92. The molecule has 0 radical (unpaired) electrons. The van der Waals surface area contributed by atoms with Gasteiger partial charge in [-0.2, -0.15) is 0 Å². The quantitative estimate of drug-likeness (QED) is 0.550. The van der Waals surface area contributed by atoms with Gasteiger partial charge in [-0.15, -0.1) is 0 Å². The molecular weight excluding hydrogens is 410 g/mol. The second-order valence-electron chi connectivity index (χ2n) is 3.48. The lowest BCUT2D eigenvalue weighted by Gasteiger charge is -2.10. The lowest BCUT2D eigenvalue weighted by molar-refractivity contribution is 1.50. The molecule has 0 amide bonds. The van der Waals surface area contributed by atoms with Crippen LogP contribution < -0.4 is 0 Å². The van der Waals surface area contributed by atoms with E-state index in [-0.39, 0.29) is 0 Å². The highest BCUT2D eigenvalue weighted by Crippen LogP contribution is 2.32. The lowest BCUT2D eigenvalue weighted by atomic mass is 10.00. The van der Waals surface area contributed by atoms with Crippen molar-refractivity contribution in [1.82, 2.24) is 0 Å². The van der Waals surface area contributed by atoms with Crippen LogP contribution in [0.2, 0.25) is 0 Å². The zero-order valence-corrected chi connectivity index (χ0v) is 13.3. The Kier molecular flexibility index (Phi) is 4.65. The van der Waals surface area contributed by atoms with Gasteiger partial charge in [-0.3, -0.25) is 0 Å². The number of rotatable bonds is 2. The van der Waals surface area contributed by atoms with Crippen LogP contribution >= 0.6 is 50.1 Å². The van der Waals surface area contributed by atoms with E-state index in [9.17, 15) is 0 Å². The Balaban J connectivity index is 2.57. The molecule has 0 saturated carbocycles. The predicted molar refractivity (Wildman–Crippen MR) is 86.2 cm³/mol. The molecule has 0 saturated heterocycles. The molecule has 0 aliphatic heterocycles. The average molecular weight is 419 g/mol. The summed E-state index contributed by atoms with van der Waals surface area (Å²) in [6.07, 6.45) is 0. The topological polar surface area (TPSA) is 0 Å². The molecule has 2 aromatic carbocycles. The minimum atomic E-state index is 1.03. The van der Waals surface area contributed by atoms with Crippen molar-refractivity contribution in [2.75, 3.05) is 0 Å². The van der Waals surface area contributed by atoms with E-state index in [0.717, 1.165) is 21.2 Å². The molecule has 0 unspecified atom stereocenters. The SMILES string of the molecule is Cl/C=C(/c1ccccc1Br)c1ccccc1I. The first-order chi connectivity index (χ1) is 8.24. The maximum absolute atomic E-state index is 5.99. The maximum Gasteiger partial charge on any atom is 0.0254 e. The zero-order valence-electron chi connectivity index (χ0n) is 8.83. The van der Waals surface area contributed by atoms with Gasteiger partial charge >= 0.3 is 0 Å². The third-order valence-electron chi connectivity index (χ3n) is 2.44. The van der Waals surface area contributed by atoms with Crippen molar-refractivity contribution in [2.45, 2.75) is 0 Å². The van der Waals surface area contributed by atoms with E-state index < -0.39 is 0 Å². The molecule has 86 valence electrons. The van der Waals surface area contributed by atoms with Gasteiger partial charge in [-0.25, -0.2) is 0 Å². The summed E-state index contributed by atoms with van der Waals surface area (Å²) >= 11 is 11.9. The summed E-state index contributed by atoms with van der Waals surface area (Å²) in [6.45, 7) is 0. The summed E-state index contributed by atoms with van der Waals surface area (Å²) in [7, 11) is 0. The largest absolute Gasteiger partial charge is 0.0923 e. The summed E-state index contributed by atoms with van der Waals surface area (Å²) in [5.41, 5.74) is 4.92. The molecule has 0 spiro atoms. The van der Waals surface area contributed by atoms with Crippen molar-refractivity contribution in [3.05, 3.63) is 73.2 Å². The van der Waals surface area contributed by atoms with Crippen LogP contribution in [-0.2, 0) is 0 Å². The van der Waals surface area contributed by atoms with Crippen LogP contribution in [0.3, 0.4) is 0 Å². The van der Waals surface area contributed by atoms with Crippen LogP contribution in [0.5, 0.6) is 0 Å². The first-order valence-electron chi connectivity index (χ1n) is 5.04. The third-order valence-corrected chi connectivity index (χ3v) is 4.29. The number of hydrogen-bond acceptors (Lipinski definition) is 0. The second-order valence-corrected chi connectivity index (χ2v) is 5.72. The highest BCUT2D eigenvalue weighted by atomic mass is 127. The molecule has 0 aliphatic carbocycles. The van der Waals surface area contributed by atoms with Gasteiger partial charge in [0.2, 0.25) is 0 Å². The molecule has 0 fully saturated rings. The van der Waals surface area contributed by atoms with E-state index >= 15 is 0 Å². The second kappa shape index (κ2) is 6.03. The number of benzene rings is 2. The molecule has 0 aliphatic rings. The van der Waals surface area contributed by atoms with Crippen molar-refractivity contribution < 1.29 is 0 Å². The number of halogens is 3. The van der Waals surface area contributed by atoms with Crippen LogP contribution in [0.15, 0.2) is 58.5 Å². The monoisotopic (exact) mass is 418 g/mol. The molecule has 17 heavy (non-hydrogen) atoms. The van der Waals surface area contributed by atoms with Crippen molar-refractivity contribution in [3.8, 4) is 0 Å². The van der Waals surface area contributed by atoms with E-state index in [0.29, 0.717) is 0 Å². The van der Waals surface area contributed by atoms with E-state index in [1.807, 2.05) is 30.3 Å². The highest BCUT2D eigenvalue weighted by Gasteiger charge is 2.10. The number of hydrogen-bond donors (Lipinski definition) is 0. The van der Waals surface area contributed by atoms with Crippen LogP contribution in [0, 0.1) is 3.57 Å². The van der Waals surface area contributed by atoms with Crippen LogP contribution in [0.25, 0.3) is 5.57 Å². The van der Waals surface area contributed by atoms with E-state index in [4.69, 9.17) is 11.6 Å². The van der Waals surface area contributed by atoms with Crippen molar-refractivity contribution in [3.63, 3.8) is 0 Å². The van der Waals surface area contributed by atoms with E-state index in [1.165, 1.54) is 3.57 Å². The molecule has 2 rings (SSSR count). The normalized spacial score (nSPS) is 11.6. The summed E-state index contributed by atoms with van der Waals surface area (Å²) in [5.74, 6) is 0. The molecule has 0 bridgehead atoms. The fraction of sp³-hybridized carbons (Fsp3) is 0. The van der Waals surface area contributed by atoms with Gasteiger partial charge < -0.3 is 0 Å². The van der Waals surface area contributed by atoms with Gasteiger partial charge in [-0.05, 0) is 45.9 Å². The van der Waals surface area contributed by atoms with Crippen molar-refractivity contribution in [2.24, 2.45) is 0 Å². The molecule has 0 aromatic heterocycles. The van der Waals surface area contributed by atoms with Crippen LogP contribution in [-0.4, -0.2) is 0 Å². The molecule has 2 aromatic rings. The summed E-state index contributed by atoms with van der Waals surface area (Å²) < 4.78 is 2.24. The Bertz CT molecular complexity index is 516. The average Bonchev–Trinajstić information content (AvgIpc) is 2.34. The predicted octanol–water partition coefficient (Wildman–Crippen LogP) is 5.68. The smallest absolute Gasteiger partial charge is 0.0254 e. The van der Waals surface area contributed by atoms with E-state index in [2.05, 4.69) is 56.7 Å². The van der Waals surface area contributed by atoms with Gasteiger partial charge in [0.15, 0.2) is 0 Å².